The summed E-state index contributed by atoms with van der Waals surface area (Å²) < 4.78 is 10.5. The Bertz CT molecular complexity index is 391. The number of carbonyl (C=O) groups excluding carboxylic acids is 1. The minimum atomic E-state index is -1.13. The highest BCUT2D eigenvalue weighted by Crippen LogP contribution is 2.54. The molecule has 0 bridgehead atoms. The van der Waals surface area contributed by atoms with E-state index in [0.29, 0.717) is 24.9 Å². The number of methoxy groups -OCH3 is 1. The molecule has 1 N–H and O–H groups in total. The van der Waals surface area contributed by atoms with Gasteiger partial charge in [-0.05, 0) is 24.2 Å². The maximum absolute atomic E-state index is 11.7. The van der Waals surface area contributed by atoms with E-state index in [0.717, 1.165) is 6.42 Å². The van der Waals surface area contributed by atoms with Crippen LogP contribution in [0.3, 0.4) is 0 Å². The number of carbonyl (C=O) groups is 1. The lowest BCUT2D eigenvalue weighted by atomic mass is 9.62. The van der Waals surface area contributed by atoms with Gasteiger partial charge >= 0.3 is 5.97 Å². The van der Waals surface area contributed by atoms with E-state index in [1.165, 1.54) is 7.11 Å². The van der Waals surface area contributed by atoms with Gasteiger partial charge in [0.15, 0.2) is 5.79 Å². The predicted molar refractivity (Wildman–Crippen MR) is 64.4 cm³/mol. The molecule has 0 amide bonds. The number of aliphatic hydroxyl groups is 1. The van der Waals surface area contributed by atoms with Crippen LogP contribution in [0.5, 0.6) is 0 Å². The van der Waals surface area contributed by atoms with Crippen molar-refractivity contribution in [1.82, 2.24) is 0 Å². The van der Waals surface area contributed by atoms with E-state index < -0.39 is 5.79 Å². The maximum atomic E-state index is 11.7. The van der Waals surface area contributed by atoms with Gasteiger partial charge in [0, 0.05) is 12.3 Å². The molecule has 0 spiro atoms. The lowest BCUT2D eigenvalue weighted by molar-refractivity contribution is -0.230. The SMILES string of the molecule is COC(=O)C1CC2C=CC(C)C3COC(O)(C1)C23. The van der Waals surface area contributed by atoms with Gasteiger partial charge in [0.2, 0.25) is 0 Å². The van der Waals surface area contributed by atoms with Gasteiger partial charge in [0.1, 0.15) is 0 Å². The lowest BCUT2D eigenvalue weighted by Crippen LogP contribution is -2.50. The Hall–Kier alpha value is -0.870. The number of allylic oxidation sites excluding steroid dienone is 2. The van der Waals surface area contributed by atoms with Gasteiger partial charge in [-0.3, -0.25) is 4.79 Å². The number of hydrogen-bond donors (Lipinski definition) is 1. The first-order valence-corrected chi connectivity index (χ1v) is 6.67. The topological polar surface area (TPSA) is 55.8 Å². The molecule has 6 atom stereocenters. The molecule has 1 heterocycles. The second-order valence-corrected chi connectivity index (χ2v) is 5.91. The molecule has 3 aliphatic rings. The van der Waals surface area contributed by atoms with Crippen LogP contribution in [0.2, 0.25) is 0 Å². The van der Waals surface area contributed by atoms with Gasteiger partial charge in [0.05, 0.1) is 19.6 Å². The van der Waals surface area contributed by atoms with Crippen molar-refractivity contribution in [1.29, 1.82) is 0 Å². The second-order valence-electron chi connectivity index (χ2n) is 5.91. The summed E-state index contributed by atoms with van der Waals surface area (Å²) in [5.74, 6) is -0.432. The Balaban J connectivity index is 1.90. The standard InChI is InChI=1S/C14H20O4/c1-8-3-4-9-5-10(13(15)17-2)6-14(16)12(9)11(8)7-18-14/h3-4,8-12,16H,5-7H2,1-2H3. The Labute approximate surface area is 107 Å². The van der Waals surface area contributed by atoms with Gasteiger partial charge in [0.25, 0.3) is 0 Å². The van der Waals surface area contributed by atoms with Crippen LogP contribution < -0.4 is 0 Å². The van der Waals surface area contributed by atoms with Crippen molar-refractivity contribution in [3.8, 4) is 0 Å². The summed E-state index contributed by atoms with van der Waals surface area (Å²) in [6, 6.07) is 0. The molecule has 0 aromatic carbocycles. The van der Waals surface area contributed by atoms with Crippen molar-refractivity contribution in [2.75, 3.05) is 13.7 Å². The highest BCUT2D eigenvalue weighted by Gasteiger charge is 2.58. The highest BCUT2D eigenvalue weighted by atomic mass is 16.6. The molecule has 0 aromatic heterocycles. The minimum Gasteiger partial charge on any atom is -0.469 e. The van der Waals surface area contributed by atoms with Crippen LogP contribution in [0.4, 0.5) is 0 Å². The molecule has 18 heavy (non-hydrogen) atoms. The molecule has 4 heteroatoms. The monoisotopic (exact) mass is 252 g/mol. The maximum Gasteiger partial charge on any atom is 0.308 e. The summed E-state index contributed by atoms with van der Waals surface area (Å²) in [6.07, 6.45) is 5.49. The van der Waals surface area contributed by atoms with Crippen LogP contribution in [-0.4, -0.2) is 30.6 Å². The zero-order valence-electron chi connectivity index (χ0n) is 10.8. The van der Waals surface area contributed by atoms with E-state index in [2.05, 4.69) is 19.1 Å². The summed E-state index contributed by atoms with van der Waals surface area (Å²) in [7, 11) is 1.40. The van der Waals surface area contributed by atoms with Gasteiger partial charge in [-0.25, -0.2) is 0 Å². The molecule has 4 nitrogen and oxygen atoms in total. The van der Waals surface area contributed by atoms with Gasteiger partial charge in [-0.15, -0.1) is 0 Å². The summed E-state index contributed by atoms with van der Waals surface area (Å²) in [6.45, 7) is 2.76. The van der Waals surface area contributed by atoms with Crippen LogP contribution in [0.15, 0.2) is 12.2 Å². The fourth-order valence-corrected chi connectivity index (χ4v) is 4.02. The molecule has 0 radical (unpaired) electrons. The molecule has 0 aromatic rings. The normalized spacial score (nSPS) is 49.8. The number of hydrogen-bond acceptors (Lipinski definition) is 4. The first-order valence-electron chi connectivity index (χ1n) is 6.67. The Morgan fingerprint density at radius 3 is 3.00 bits per heavy atom. The third-order valence-electron chi connectivity index (χ3n) is 4.94. The van der Waals surface area contributed by atoms with Gasteiger partial charge < -0.3 is 14.6 Å². The minimum absolute atomic E-state index is 0.137. The van der Waals surface area contributed by atoms with Crippen molar-refractivity contribution in [3.63, 3.8) is 0 Å². The van der Waals surface area contributed by atoms with Crippen molar-refractivity contribution in [2.45, 2.75) is 25.6 Å². The second kappa shape index (κ2) is 4.07. The summed E-state index contributed by atoms with van der Waals surface area (Å²) >= 11 is 0. The lowest BCUT2D eigenvalue weighted by Gasteiger charge is -2.45. The van der Waals surface area contributed by atoms with Crippen LogP contribution in [0.1, 0.15) is 19.8 Å². The molecule has 2 aliphatic carbocycles. The first kappa shape index (κ1) is 12.2. The Morgan fingerprint density at radius 1 is 1.50 bits per heavy atom. The van der Waals surface area contributed by atoms with E-state index in [1.807, 2.05) is 0 Å². The van der Waals surface area contributed by atoms with E-state index in [1.54, 1.807) is 0 Å². The molecule has 2 fully saturated rings. The molecule has 1 saturated carbocycles. The number of esters is 1. The summed E-state index contributed by atoms with van der Waals surface area (Å²) in [5.41, 5.74) is 0. The number of ether oxygens (including phenoxy) is 2. The quantitative estimate of drug-likeness (QED) is 0.565. The smallest absolute Gasteiger partial charge is 0.308 e. The van der Waals surface area contributed by atoms with E-state index in [9.17, 15) is 9.90 Å². The van der Waals surface area contributed by atoms with Crippen LogP contribution >= 0.6 is 0 Å². The zero-order valence-corrected chi connectivity index (χ0v) is 10.8. The third-order valence-corrected chi connectivity index (χ3v) is 4.94. The molecular formula is C14H20O4. The van der Waals surface area contributed by atoms with Gasteiger partial charge in [-0.1, -0.05) is 19.1 Å². The highest BCUT2D eigenvalue weighted by molar-refractivity contribution is 5.72. The molecule has 100 valence electrons. The van der Waals surface area contributed by atoms with E-state index in [4.69, 9.17) is 9.47 Å². The molecular weight excluding hydrogens is 232 g/mol. The number of rotatable bonds is 1. The third kappa shape index (κ3) is 1.62. The van der Waals surface area contributed by atoms with Crippen LogP contribution in [0, 0.1) is 29.6 Å². The first-order chi connectivity index (χ1) is 8.55. The van der Waals surface area contributed by atoms with Crippen molar-refractivity contribution in [2.24, 2.45) is 29.6 Å². The Morgan fingerprint density at radius 2 is 2.28 bits per heavy atom. The predicted octanol–water partition coefficient (Wildman–Crippen LogP) is 1.34. The summed E-state index contributed by atoms with van der Waals surface area (Å²) in [5, 5.41) is 10.7. The van der Waals surface area contributed by atoms with Gasteiger partial charge in [-0.2, -0.15) is 0 Å². The fourth-order valence-electron chi connectivity index (χ4n) is 4.02. The van der Waals surface area contributed by atoms with Crippen LogP contribution in [0.25, 0.3) is 0 Å². The molecule has 6 unspecified atom stereocenters. The van der Waals surface area contributed by atoms with Crippen molar-refractivity contribution >= 4 is 5.97 Å². The zero-order chi connectivity index (χ0) is 12.9. The van der Waals surface area contributed by atoms with E-state index in [-0.39, 0.29) is 23.7 Å². The molecule has 3 rings (SSSR count). The largest absolute Gasteiger partial charge is 0.469 e. The molecule has 1 aliphatic heterocycles. The summed E-state index contributed by atoms with van der Waals surface area (Å²) in [4.78, 5) is 11.7. The average Bonchev–Trinajstić information content (AvgIpc) is 2.71. The van der Waals surface area contributed by atoms with Crippen LogP contribution in [-0.2, 0) is 14.3 Å². The molecule has 1 saturated heterocycles. The fraction of sp³-hybridized carbons (Fsp3) is 0.786. The average molecular weight is 252 g/mol. The van der Waals surface area contributed by atoms with Crippen molar-refractivity contribution in [3.05, 3.63) is 12.2 Å². The van der Waals surface area contributed by atoms with Crippen molar-refractivity contribution < 1.29 is 19.4 Å². The van der Waals surface area contributed by atoms with E-state index >= 15 is 0 Å². The Kier molecular flexibility index (Phi) is 2.75.